The van der Waals surface area contributed by atoms with Crippen LogP contribution in [0.4, 0.5) is 0 Å². The summed E-state index contributed by atoms with van der Waals surface area (Å²) >= 11 is 5.94. The highest BCUT2D eigenvalue weighted by Crippen LogP contribution is 2.26. The second kappa shape index (κ2) is 8.88. The summed E-state index contributed by atoms with van der Waals surface area (Å²) in [5.74, 6) is 3.02. The van der Waals surface area contributed by atoms with Crippen LogP contribution in [0.2, 0.25) is 5.02 Å². The third kappa shape index (κ3) is 4.46. The lowest BCUT2D eigenvalue weighted by atomic mass is 10.3. The molecule has 0 amide bonds. The molecule has 0 fully saturated rings. The molecule has 0 N–H and O–H groups in total. The Labute approximate surface area is 174 Å². The Bertz CT molecular complexity index is 1090. The van der Waals surface area contributed by atoms with Crippen LogP contribution in [-0.2, 0) is 13.2 Å². The molecular formula is C23H21ClN2O3. The Morgan fingerprint density at radius 2 is 1.59 bits per heavy atom. The van der Waals surface area contributed by atoms with E-state index in [-0.39, 0.29) is 0 Å². The van der Waals surface area contributed by atoms with Gasteiger partial charge in [0.2, 0.25) is 0 Å². The van der Waals surface area contributed by atoms with Crippen LogP contribution < -0.4 is 14.2 Å². The van der Waals surface area contributed by atoms with Crippen molar-refractivity contribution in [2.45, 2.75) is 13.2 Å². The summed E-state index contributed by atoms with van der Waals surface area (Å²) in [6.07, 6.45) is 0. The summed E-state index contributed by atoms with van der Waals surface area (Å²) in [7, 11) is 1.64. The molecule has 1 heterocycles. The van der Waals surface area contributed by atoms with Gasteiger partial charge < -0.3 is 18.8 Å². The molecule has 0 spiro atoms. The molecule has 29 heavy (non-hydrogen) atoms. The number of hydrogen-bond acceptors (Lipinski definition) is 4. The van der Waals surface area contributed by atoms with Crippen molar-refractivity contribution in [2.75, 3.05) is 13.7 Å². The lowest BCUT2D eigenvalue weighted by Gasteiger charge is -2.13. The first-order chi connectivity index (χ1) is 14.2. The Hall–Kier alpha value is -3.18. The smallest absolute Gasteiger partial charge is 0.161 e. The maximum atomic E-state index is 5.95. The Balaban J connectivity index is 1.51. The van der Waals surface area contributed by atoms with Gasteiger partial charge in [0.15, 0.2) is 11.5 Å². The molecule has 4 rings (SSSR count). The summed E-state index contributed by atoms with van der Waals surface area (Å²) in [5, 5.41) is 0.679. The molecule has 0 saturated heterocycles. The van der Waals surface area contributed by atoms with Gasteiger partial charge in [-0.1, -0.05) is 35.9 Å². The SMILES string of the molecule is COc1ccccc1OCCn1c(COc2ccc(Cl)cc2)nc2ccccc21. The first-order valence-electron chi connectivity index (χ1n) is 9.33. The van der Waals surface area contributed by atoms with Gasteiger partial charge in [-0.3, -0.25) is 0 Å². The zero-order valence-corrected chi connectivity index (χ0v) is 16.8. The number of hydrogen-bond donors (Lipinski definition) is 0. The van der Waals surface area contributed by atoms with Gasteiger partial charge in [0.25, 0.3) is 0 Å². The summed E-state index contributed by atoms with van der Waals surface area (Å²) in [6, 6.07) is 23.0. The van der Waals surface area contributed by atoms with Gasteiger partial charge in [0, 0.05) is 5.02 Å². The van der Waals surface area contributed by atoms with E-state index in [1.54, 1.807) is 19.2 Å². The van der Waals surface area contributed by atoms with E-state index in [4.69, 9.17) is 30.8 Å². The van der Waals surface area contributed by atoms with Crippen molar-refractivity contribution in [3.05, 3.63) is 83.6 Å². The number of fused-ring (bicyclic) bond motifs is 1. The molecule has 5 nitrogen and oxygen atoms in total. The van der Waals surface area contributed by atoms with Crippen LogP contribution in [0, 0.1) is 0 Å². The summed E-state index contributed by atoms with van der Waals surface area (Å²) in [5.41, 5.74) is 1.98. The largest absolute Gasteiger partial charge is 0.493 e. The van der Waals surface area contributed by atoms with Crippen molar-refractivity contribution in [1.29, 1.82) is 0 Å². The average Bonchev–Trinajstić information content (AvgIpc) is 3.11. The molecule has 4 aromatic rings. The summed E-state index contributed by atoms with van der Waals surface area (Å²) in [6.45, 7) is 1.47. The Morgan fingerprint density at radius 1 is 0.862 bits per heavy atom. The molecule has 148 valence electrons. The topological polar surface area (TPSA) is 45.5 Å². The molecule has 6 heteroatoms. The van der Waals surface area contributed by atoms with E-state index < -0.39 is 0 Å². The number of nitrogens with zero attached hydrogens (tertiary/aromatic N) is 2. The highest BCUT2D eigenvalue weighted by atomic mass is 35.5. The van der Waals surface area contributed by atoms with Crippen LogP contribution in [0.15, 0.2) is 72.8 Å². The Morgan fingerprint density at radius 3 is 2.38 bits per heavy atom. The molecule has 0 unspecified atom stereocenters. The number of rotatable bonds is 8. The third-order valence-electron chi connectivity index (χ3n) is 4.56. The minimum absolute atomic E-state index is 0.352. The van der Waals surface area contributed by atoms with Gasteiger partial charge in [0.05, 0.1) is 24.7 Å². The predicted molar refractivity (Wildman–Crippen MR) is 114 cm³/mol. The van der Waals surface area contributed by atoms with Gasteiger partial charge in [0.1, 0.15) is 24.8 Å². The molecule has 3 aromatic carbocycles. The second-order valence-corrected chi connectivity index (χ2v) is 6.85. The van der Waals surface area contributed by atoms with Crippen molar-refractivity contribution < 1.29 is 14.2 Å². The average molecular weight is 409 g/mol. The van der Waals surface area contributed by atoms with Crippen molar-refractivity contribution in [2.24, 2.45) is 0 Å². The minimum atomic E-state index is 0.352. The number of imidazole rings is 1. The predicted octanol–water partition coefficient (Wildman–Crippen LogP) is 5.36. The van der Waals surface area contributed by atoms with E-state index in [2.05, 4.69) is 10.6 Å². The number of aromatic nitrogens is 2. The van der Waals surface area contributed by atoms with E-state index in [1.165, 1.54) is 0 Å². The van der Waals surface area contributed by atoms with Gasteiger partial charge >= 0.3 is 0 Å². The molecule has 0 aliphatic rings. The van der Waals surface area contributed by atoms with E-state index in [9.17, 15) is 0 Å². The molecule has 0 atom stereocenters. The highest BCUT2D eigenvalue weighted by Gasteiger charge is 2.12. The maximum absolute atomic E-state index is 5.95. The highest BCUT2D eigenvalue weighted by molar-refractivity contribution is 6.30. The van der Waals surface area contributed by atoms with E-state index in [1.807, 2.05) is 54.6 Å². The van der Waals surface area contributed by atoms with E-state index in [0.29, 0.717) is 30.5 Å². The number of methoxy groups -OCH3 is 1. The van der Waals surface area contributed by atoms with Gasteiger partial charge in [-0.05, 0) is 48.5 Å². The van der Waals surface area contributed by atoms with Crippen molar-refractivity contribution in [1.82, 2.24) is 9.55 Å². The van der Waals surface area contributed by atoms with Crippen molar-refractivity contribution in [3.63, 3.8) is 0 Å². The van der Waals surface area contributed by atoms with Gasteiger partial charge in [-0.25, -0.2) is 4.98 Å². The second-order valence-electron chi connectivity index (χ2n) is 6.41. The van der Waals surface area contributed by atoms with Gasteiger partial charge in [-0.2, -0.15) is 0 Å². The maximum Gasteiger partial charge on any atom is 0.161 e. The lowest BCUT2D eigenvalue weighted by molar-refractivity contribution is 0.264. The zero-order chi connectivity index (χ0) is 20.1. The minimum Gasteiger partial charge on any atom is -0.493 e. The standard InChI is InChI=1S/C23H21ClN2O3/c1-27-21-8-4-5-9-22(21)28-15-14-26-20-7-3-2-6-19(20)25-23(26)16-29-18-12-10-17(24)11-13-18/h2-13H,14-16H2,1H3. The summed E-state index contributed by atoms with van der Waals surface area (Å²) in [4.78, 5) is 4.74. The van der Waals surface area contributed by atoms with Crippen molar-refractivity contribution in [3.8, 4) is 17.2 Å². The number of para-hydroxylation sites is 4. The zero-order valence-electron chi connectivity index (χ0n) is 16.0. The molecule has 0 radical (unpaired) electrons. The first-order valence-corrected chi connectivity index (χ1v) is 9.71. The quantitative estimate of drug-likeness (QED) is 0.394. The Kier molecular flexibility index (Phi) is 5.86. The fourth-order valence-electron chi connectivity index (χ4n) is 3.15. The summed E-state index contributed by atoms with van der Waals surface area (Å²) < 4.78 is 19.3. The molecule has 0 aliphatic heterocycles. The molecule has 0 saturated carbocycles. The van der Waals surface area contributed by atoms with Crippen LogP contribution in [0.3, 0.4) is 0 Å². The number of ether oxygens (including phenoxy) is 3. The first kappa shape index (κ1) is 19.2. The van der Waals surface area contributed by atoms with Crippen LogP contribution in [0.1, 0.15) is 5.82 Å². The van der Waals surface area contributed by atoms with Crippen LogP contribution >= 0.6 is 11.6 Å². The van der Waals surface area contributed by atoms with Crippen molar-refractivity contribution >= 4 is 22.6 Å². The van der Waals surface area contributed by atoms with Gasteiger partial charge in [-0.15, -0.1) is 0 Å². The monoisotopic (exact) mass is 408 g/mol. The van der Waals surface area contributed by atoms with Crippen LogP contribution in [0.5, 0.6) is 17.2 Å². The molecule has 0 bridgehead atoms. The third-order valence-corrected chi connectivity index (χ3v) is 4.81. The number of benzene rings is 3. The van der Waals surface area contributed by atoms with Crippen LogP contribution in [0.25, 0.3) is 11.0 Å². The van der Waals surface area contributed by atoms with E-state index >= 15 is 0 Å². The molecular weight excluding hydrogens is 388 g/mol. The number of halogens is 1. The van der Waals surface area contributed by atoms with Crippen LogP contribution in [-0.4, -0.2) is 23.3 Å². The molecule has 0 aliphatic carbocycles. The molecule has 1 aromatic heterocycles. The fourth-order valence-corrected chi connectivity index (χ4v) is 3.27. The lowest BCUT2D eigenvalue weighted by Crippen LogP contribution is -2.13. The van der Waals surface area contributed by atoms with E-state index in [0.717, 1.165) is 28.4 Å². The fraction of sp³-hybridized carbons (Fsp3) is 0.174. The normalized spacial score (nSPS) is 10.8.